The van der Waals surface area contributed by atoms with Crippen molar-refractivity contribution in [2.75, 3.05) is 13.7 Å². The molecule has 8 heteroatoms. The molecule has 0 aliphatic heterocycles. The standard InChI is InChI=1S/C20H20N4O4/c1-3-28-20(26)22-21-19(25)17-13-24(15-9-5-4-6-10-15)23-18(17)14-8-7-11-16(12-14)27-2/h4-13H,3H2,1-2H3,(H,21,25)(H,22,26). The Balaban J connectivity index is 1.97. The number of carbonyl (C=O) groups is 2. The summed E-state index contributed by atoms with van der Waals surface area (Å²) in [5.41, 5.74) is 6.78. The molecule has 0 aliphatic rings. The molecule has 8 nitrogen and oxygen atoms in total. The highest BCUT2D eigenvalue weighted by Crippen LogP contribution is 2.26. The highest BCUT2D eigenvalue weighted by atomic mass is 16.6. The van der Waals surface area contributed by atoms with Crippen LogP contribution in [0, 0.1) is 0 Å². The number of ether oxygens (including phenoxy) is 2. The van der Waals surface area contributed by atoms with Crippen molar-refractivity contribution in [3.8, 4) is 22.7 Å². The van der Waals surface area contributed by atoms with E-state index in [-0.39, 0.29) is 12.2 Å². The molecule has 2 N–H and O–H groups in total. The summed E-state index contributed by atoms with van der Waals surface area (Å²) in [6.07, 6.45) is 0.862. The number of carbonyl (C=O) groups excluding carboxylic acids is 2. The molecular formula is C20H20N4O4. The summed E-state index contributed by atoms with van der Waals surface area (Å²) in [6.45, 7) is 1.87. The Kier molecular flexibility index (Phi) is 5.91. The van der Waals surface area contributed by atoms with Crippen molar-refractivity contribution in [2.24, 2.45) is 0 Å². The molecule has 3 aromatic rings. The summed E-state index contributed by atoms with van der Waals surface area (Å²) in [4.78, 5) is 24.1. The van der Waals surface area contributed by atoms with E-state index in [4.69, 9.17) is 9.47 Å². The predicted molar refractivity (Wildman–Crippen MR) is 103 cm³/mol. The number of benzene rings is 2. The first-order valence-electron chi connectivity index (χ1n) is 8.65. The number of methoxy groups -OCH3 is 1. The first-order valence-corrected chi connectivity index (χ1v) is 8.65. The van der Waals surface area contributed by atoms with Gasteiger partial charge in [-0.05, 0) is 31.2 Å². The van der Waals surface area contributed by atoms with E-state index >= 15 is 0 Å². The van der Waals surface area contributed by atoms with Crippen LogP contribution in [0.25, 0.3) is 16.9 Å². The number of hydrazine groups is 1. The number of nitrogens with one attached hydrogen (secondary N) is 2. The normalized spacial score (nSPS) is 10.2. The summed E-state index contributed by atoms with van der Waals surface area (Å²) < 4.78 is 11.6. The quantitative estimate of drug-likeness (QED) is 0.664. The number of aromatic nitrogens is 2. The van der Waals surface area contributed by atoms with Gasteiger partial charge in [0, 0.05) is 11.8 Å². The fourth-order valence-corrected chi connectivity index (χ4v) is 2.58. The maximum atomic E-state index is 12.7. The molecule has 0 atom stereocenters. The van der Waals surface area contributed by atoms with E-state index in [2.05, 4.69) is 16.0 Å². The van der Waals surface area contributed by atoms with Gasteiger partial charge in [-0.25, -0.2) is 14.9 Å². The van der Waals surface area contributed by atoms with Crippen molar-refractivity contribution >= 4 is 12.0 Å². The van der Waals surface area contributed by atoms with Crippen LogP contribution in [-0.4, -0.2) is 35.5 Å². The molecule has 144 valence electrons. The molecule has 0 fully saturated rings. The topological polar surface area (TPSA) is 94.5 Å². The van der Waals surface area contributed by atoms with Crippen LogP contribution >= 0.6 is 0 Å². The van der Waals surface area contributed by atoms with Crippen LogP contribution in [0.5, 0.6) is 5.75 Å². The average molecular weight is 380 g/mol. The molecule has 0 saturated heterocycles. The van der Waals surface area contributed by atoms with Gasteiger partial charge in [0.05, 0.1) is 25.0 Å². The van der Waals surface area contributed by atoms with Gasteiger partial charge in [0.15, 0.2) is 0 Å². The van der Waals surface area contributed by atoms with E-state index in [0.29, 0.717) is 17.0 Å². The molecule has 1 aromatic heterocycles. The third-order valence-corrected chi connectivity index (χ3v) is 3.88. The Morgan fingerprint density at radius 1 is 1.07 bits per heavy atom. The van der Waals surface area contributed by atoms with Crippen molar-refractivity contribution in [1.82, 2.24) is 20.6 Å². The van der Waals surface area contributed by atoms with Gasteiger partial charge in [-0.2, -0.15) is 5.10 Å². The molecule has 0 saturated carbocycles. The lowest BCUT2D eigenvalue weighted by Gasteiger charge is -2.07. The molecule has 0 aliphatic carbocycles. The molecule has 1 heterocycles. The maximum Gasteiger partial charge on any atom is 0.426 e. The fourth-order valence-electron chi connectivity index (χ4n) is 2.58. The highest BCUT2D eigenvalue weighted by molar-refractivity contribution is 6.00. The largest absolute Gasteiger partial charge is 0.497 e. The van der Waals surface area contributed by atoms with E-state index in [0.717, 1.165) is 5.69 Å². The van der Waals surface area contributed by atoms with Gasteiger partial charge in [-0.15, -0.1) is 0 Å². The zero-order valence-corrected chi connectivity index (χ0v) is 15.5. The van der Waals surface area contributed by atoms with Crippen LogP contribution in [0.2, 0.25) is 0 Å². The molecular weight excluding hydrogens is 360 g/mol. The van der Waals surface area contributed by atoms with E-state index in [9.17, 15) is 9.59 Å². The zero-order valence-electron chi connectivity index (χ0n) is 15.5. The number of rotatable bonds is 5. The Labute approximate surface area is 162 Å². The van der Waals surface area contributed by atoms with Crippen LogP contribution in [0.1, 0.15) is 17.3 Å². The van der Waals surface area contributed by atoms with E-state index in [1.165, 1.54) is 0 Å². The summed E-state index contributed by atoms with van der Waals surface area (Å²) in [5, 5.41) is 4.57. The second-order valence-corrected chi connectivity index (χ2v) is 5.70. The molecule has 3 rings (SSSR count). The average Bonchev–Trinajstić information content (AvgIpc) is 3.18. The van der Waals surface area contributed by atoms with Gasteiger partial charge >= 0.3 is 6.09 Å². The summed E-state index contributed by atoms with van der Waals surface area (Å²) in [7, 11) is 1.57. The molecule has 0 bridgehead atoms. The minimum Gasteiger partial charge on any atom is -0.497 e. The van der Waals surface area contributed by atoms with Crippen molar-refractivity contribution in [1.29, 1.82) is 0 Å². The smallest absolute Gasteiger partial charge is 0.426 e. The second-order valence-electron chi connectivity index (χ2n) is 5.70. The van der Waals surface area contributed by atoms with E-state index < -0.39 is 12.0 Å². The van der Waals surface area contributed by atoms with Gasteiger partial charge in [0.1, 0.15) is 11.4 Å². The zero-order chi connectivity index (χ0) is 19.9. The Bertz CT molecular complexity index is 969. The SMILES string of the molecule is CCOC(=O)NNC(=O)c1cn(-c2ccccc2)nc1-c1cccc(OC)c1. The van der Waals surface area contributed by atoms with Gasteiger partial charge in [0.2, 0.25) is 0 Å². The number of hydrogen-bond donors (Lipinski definition) is 2. The van der Waals surface area contributed by atoms with Gasteiger partial charge in [-0.3, -0.25) is 10.2 Å². The Morgan fingerprint density at radius 3 is 2.57 bits per heavy atom. The lowest BCUT2D eigenvalue weighted by Crippen LogP contribution is -2.42. The predicted octanol–water partition coefficient (Wildman–Crippen LogP) is 2.94. The van der Waals surface area contributed by atoms with Crippen molar-refractivity contribution in [3.63, 3.8) is 0 Å². The van der Waals surface area contributed by atoms with Crippen molar-refractivity contribution in [2.45, 2.75) is 6.92 Å². The van der Waals surface area contributed by atoms with Crippen molar-refractivity contribution < 1.29 is 19.1 Å². The lowest BCUT2D eigenvalue weighted by molar-refractivity contribution is 0.0913. The maximum absolute atomic E-state index is 12.7. The molecule has 2 aromatic carbocycles. The number of nitrogens with zero attached hydrogens (tertiary/aromatic N) is 2. The first kappa shape index (κ1) is 19.0. The van der Waals surface area contributed by atoms with Gasteiger partial charge in [0.25, 0.3) is 5.91 Å². The molecule has 2 amide bonds. The summed E-state index contributed by atoms with van der Waals surface area (Å²) in [5.74, 6) is 0.121. The fraction of sp³-hybridized carbons (Fsp3) is 0.150. The molecule has 28 heavy (non-hydrogen) atoms. The van der Waals surface area contributed by atoms with Crippen LogP contribution < -0.4 is 15.6 Å². The Hall–Kier alpha value is -3.81. The third kappa shape index (κ3) is 4.29. The van der Waals surface area contributed by atoms with E-state index in [1.54, 1.807) is 37.0 Å². The van der Waals surface area contributed by atoms with Crippen LogP contribution in [0.15, 0.2) is 60.8 Å². The number of para-hydroxylation sites is 1. The summed E-state index contributed by atoms with van der Waals surface area (Å²) >= 11 is 0. The monoisotopic (exact) mass is 380 g/mol. The minimum absolute atomic E-state index is 0.197. The number of amides is 2. The Morgan fingerprint density at radius 2 is 1.86 bits per heavy atom. The van der Waals surface area contributed by atoms with E-state index in [1.807, 2.05) is 42.5 Å². The van der Waals surface area contributed by atoms with Crippen LogP contribution in [-0.2, 0) is 4.74 Å². The van der Waals surface area contributed by atoms with Crippen LogP contribution in [0.3, 0.4) is 0 Å². The molecule has 0 radical (unpaired) electrons. The van der Waals surface area contributed by atoms with Gasteiger partial charge in [-0.1, -0.05) is 30.3 Å². The van der Waals surface area contributed by atoms with Crippen molar-refractivity contribution in [3.05, 3.63) is 66.4 Å². The lowest BCUT2D eigenvalue weighted by atomic mass is 10.1. The minimum atomic E-state index is -0.741. The summed E-state index contributed by atoms with van der Waals surface area (Å²) in [6, 6.07) is 16.6. The first-order chi connectivity index (χ1) is 13.6. The highest BCUT2D eigenvalue weighted by Gasteiger charge is 2.19. The third-order valence-electron chi connectivity index (χ3n) is 3.88. The second kappa shape index (κ2) is 8.72. The molecule has 0 spiro atoms. The number of hydrogen-bond acceptors (Lipinski definition) is 5. The van der Waals surface area contributed by atoms with Crippen LogP contribution in [0.4, 0.5) is 4.79 Å². The van der Waals surface area contributed by atoms with Gasteiger partial charge < -0.3 is 9.47 Å². The molecule has 0 unspecified atom stereocenters.